The zero-order valence-corrected chi connectivity index (χ0v) is 8.20. The lowest BCUT2D eigenvalue weighted by molar-refractivity contribution is -0.138. The van der Waals surface area contributed by atoms with Gasteiger partial charge in [0.2, 0.25) is 0 Å². The summed E-state index contributed by atoms with van der Waals surface area (Å²) in [7, 11) is 0. The number of hydrogen-bond donors (Lipinski definition) is 1. The summed E-state index contributed by atoms with van der Waals surface area (Å²) in [6, 6.07) is 5.43. The van der Waals surface area contributed by atoms with E-state index in [-0.39, 0.29) is 5.56 Å². The average molecular weight is 226 g/mol. The monoisotopic (exact) mass is 226 g/mol. The molecule has 5 heteroatoms. The summed E-state index contributed by atoms with van der Waals surface area (Å²) in [5.41, 5.74) is -0.518. The summed E-state index contributed by atoms with van der Waals surface area (Å²) in [6.45, 7) is 0. The lowest BCUT2D eigenvalue weighted by Crippen LogP contribution is -2.20. The van der Waals surface area contributed by atoms with Crippen LogP contribution in [0.2, 0.25) is 0 Å². The Bertz CT molecular complexity index is 435. The van der Waals surface area contributed by atoms with E-state index in [4.69, 9.17) is 0 Å². The van der Waals surface area contributed by atoms with Crippen LogP contribution in [0.25, 0.3) is 0 Å². The van der Waals surface area contributed by atoms with E-state index in [1.165, 1.54) is 18.3 Å². The van der Waals surface area contributed by atoms with E-state index >= 15 is 0 Å². The van der Waals surface area contributed by atoms with Gasteiger partial charge in [-0.3, -0.25) is 4.99 Å². The molecule has 2 rings (SSSR count). The van der Waals surface area contributed by atoms with Crippen LogP contribution in [0.5, 0.6) is 0 Å². The molecule has 0 spiro atoms. The lowest BCUT2D eigenvalue weighted by Gasteiger charge is -2.20. The zero-order chi connectivity index (χ0) is 11.6. The molecule has 0 radical (unpaired) electrons. The molecule has 1 heterocycles. The third-order valence-electron chi connectivity index (χ3n) is 2.23. The van der Waals surface area contributed by atoms with Gasteiger partial charge in [-0.25, -0.2) is 0 Å². The van der Waals surface area contributed by atoms with E-state index in [0.717, 1.165) is 6.07 Å². The largest absolute Gasteiger partial charge is 0.416 e. The molecule has 0 saturated carbocycles. The van der Waals surface area contributed by atoms with Crippen molar-refractivity contribution < 1.29 is 13.2 Å². The summed E-state index contributed by atoms with van der Waals surface area (Å²) >= 11 is 0. The lowest BCUT2D eigenvalue weighted by atomic mass is 10.0. The van der Waals surface area contributed by atoms with Gasteiger partial charge < -0.3 is 5.32 Å². The van der Waals surface area contributed by atoms with Gasteiger partial charge in [0.05, 0.1) is 5.56 Å². The number of benzene rings is 1. The third kappa shape index (κ3) is 2.08. The van der Waals surface area contributed by atoms with Crippen molar-refractivity contribution >= 4 is 6.21 Å². The molecular weight excluding hydrogens is 217 g/mol. The topological polar surface area (TPSA) is 24.4 Å². The highest BCUT2D eigenvalue weighted by atomic mass is 19.4. The van der Waals surface area contributed by atoms with Crippen LogP contribution in [0.15, 0.2) is 41.5 Å². The van der Waals surface area contributed by atoms with Crippen LogP contribution in [-0.2, 0) is 6.18 Å². The van der Waals surface area contributed by atoms with Gasteiger partial charge in [-0.05, 0) is 18.3 Å². The van der Waals surface area contributed by atoms with Crippen molar-refractivity contribution in [1.82, 2.24) is 5.32 Å². The fourth-order valence-electron chi connectivity index (χ4n) is 1.53. The number of halogens is 3. The second-order valence-electron chi connectivity index (χ2n) is 3.31. The van der Waals surface area contributed by atoms with Crippen LogP contribution in [-0.4, -0.2) is 6.21 Å². The highest BCUT2D eigenvalue weighted by Crippen LogP contribution is 2.34. The molecular formula is C11H9F3N2. The van der Waals surface area contributed by atoms with E-state index in [2.05, 4.69) is 10.3 Å². The van der Waals surface area contributed by atoms with Gasteiger partial charge in [-0.1, -0.05) is 18.2 Å². The van der Waals surface area contributed by atoms with Crippen LogP contribution in [0.1, 0.15) is 17.3 Å². The van der Waals surface area contributed by atoms with Crippen LogP contribution in [0.3, 0.4) is 0 Å². The van der Waals surface area contributed by atoms with Crippen LogP contribution in [0.4, 0.5) is 13.2 Å². The predicted molar refractivity (Wildman–Crippen MR) is 55.0 cm³/mol. The Morgan fingerprint density at radius 2 is 1.94 bits per heavy atom. The standard InChI is InChI=1S/C11H9F3N2/c12-11(13,14)9-5-2-1-4-8(9)10-15-6-3-7-16-10/h1-7,10,15H. The number of rotatable bonds is 1. The highest BCUT2D eigenvalue weighted by Gasteiger charge is 2.34. The molecule has 0 amide bonds. The average Bonchev–Trinajstić information content (AvgIpc) is 2.29. The van der Waals surface area contributed by atoms with Crippen molar-refractivity contribution in [3.8, 4) is 0 Å². The molecule has 1 unspecified atom stereocenters. The molecule has 1 N–H and O–H groups in total. The summed E-state index contributed by atoms with van der Waals surface area (Å²) < 4.78 is 38.1. The normalized spacial score (nSPS) is 19.6. The molecule has 1 aliphatic heterocycles. The number of nitrogens with zero attached hydrogens (tertiary/aromatic N) is 1. The first-order chi connectivity index (χ1) is 7.59. The van der Waals surface area contributed by atoms with E-state index < -0.39 is 17.9 Å². The van der Waals surface area contributed by atoms with Gasteiger partial charge in [0, 0.05) is 11.8 Å². The molecule has 1 atom stereocenters. The fourth-order valence-corrected chi connectivity index (χ4v) is 1.53. The minimum absolute atomic E-state index is 0.135. The van der Waals surface area contributed by atoms with E-state index in [9.17, 15) is 13.2 Å². The summed E-state index contributed by atoms with van der Waals surface area (Å²) in [5.74, 6) is 0. The molecule has 0 fully saturated rings. The molecule has 0 aliphatic carbocycles. The predicted octanol–water partition coefficient (Wildman–Crippen LogP) is 2.89. The van der Waals surface area contributed by atoms with Crippen molar-refractivity contribution in [2.45, 2.75) is 12.3 Å². The van der Waals surface area contributed by atoms with Gasteiger partial charge in [-0.15, -0.1) is 0 Å². The number of nitrogens with one attached hydrogen (secondary N) is 1. The third-order valence-corrected chi connectivity index (χ3v) is 2.23. The molecule has 0 aromatic heterocycles. The number of alkyl halides is 3. The Hall–Kier alpha value is -1.78. The Kier molecular flexibility index (Phi) is 2.68. The fraction of sp³-hybridized carbons (Fsp3) is 0.182. The Balaban J connectivity index is 2.41. The summed E-state index contributed by atoms with van der Waals surface area (Å²) in [4.78, 5) is 3.95. The maximum atomic E-state index is 12.7. The molecule has 84 valence electrons. The molecule has 16 heavy (non-hydrogen) atoms. The Labute approximate surface area is 90.5 Å². The molecule has 1 aliphatic rings. The number of allylic oxidation sites excluding steroid dienone is 1. The minimum Gasteiger partial charge on any atom is -0.366 e. The van der Waals surface area contributed by atoms with Crippen molar-refractivity contribution in [2.75, 3.05) is 0 Å². The SMILES string of the molecule is FC(F)(F)c1ccccc1C1N=CC=CN1. The van der Waals surface area contributed by atoms with Gasteiger partial charge in [0.25, 0.3) is 0 Å². The maximum absolute atomic E-state index is 12.7. The first-order valence-corrected chi connectivity index (χ1v) is 4.69. The molecule has 1 aromatic rings. The molecule has 1 aromatic carbocycles. The summed E-state index contributed by atoms with van der Waals surface area (Å²) in [5, 5.41) is 2.77. The van der Waals surface area contributed by atoms with Crippen LogP contribution < -0.4 is 5.32 Å². The molecule has 0 bridgehead atoms. The zero-order valence-electron chi connectivity index (χ0n) is 8.20. The van der Waals surface area contributed by atoms with Crippen LogP contribution >= 0.6 is 0 Å². The Morgan fingerprint density at radius 1 is 1.19 bits per heavy atom. The first-order valence-electron chi connectivity index (χ1n) is 4.69. The highest BCUT2D eigenvalue weighted by molar-refractivity contribution is 5.72. The Morgan fingerprint density at radius 3 is 2.56 bits per heavy atom. The van der Waals surface area contributed by atoms with Gasteiger partial charge in [-0.2, -0.15) is 13.2 Å². The first kappa shape index (κ1) is 10.7. The maximum Gasteiger partial charge on any atom is 0.416 e. The van der Waals surface area contributed by atoms with Gasteiger partial charge in [0.1, 0.15) is 6.17 Å². The smallest absolute Gasteiger partial charge is 0.366 e. The second kappa shape index (κ2) is 4.00. The van der Waals surface area contributed by atoms with Gasteiger partial charge >= 0.3 is 6.18 Å². The van der Waals surface area contributed by atoms with E-state index in [0.29, 0.717) is 0 Å². The molecule has 0 saturated heterocycles. The van der Waals surface area contributed by atoms with Crippen molar-refractivity contribution in [1.29, 1.82) is 0 Å². The van der Waals surface area contributed by atoms with E-state index in [1.807, 2.05) is 0 Å². The second-order valence-corrected chi connectivity index (χ2v) is 3.31. The van der Waals surface area contributed by atoms with Crippen LogP contribution in [0, 0.1) is 0 Å². The summed E-state index contributed by atoms with van der Waals surface area (Å²) in [6.07, 6.45) is -0.330. The molecule has 2 nitrogen and oxygen atoms in total. The van der Waals surface area contributed by atoms with Crippen molar-refractivity contribution in [3.63, 3.8) is 0 Å². The van der Waals surface area contributed by atoms with E-state index in [1.54, 1.807) is 18.3 Å². The number of hydrogen-bond acceptors (Lipinski definition) is 2. The quantitative estimate of drug-likeness (QED) is 0.782. The number of aliphatic imine (C=N–C) groups is 1. The van der Waals surface area contributed by atoms with Crippen molar-refractivity contribution in [2.24, 2.45) is 4.99 Å². The van der Waals surface area contributed by atoms with Crippen molar-refractivity contribution in [3.05, 3.63) is 47.7 Å². The minimum atomic E-state index is -4.35. The van der Waals surface area contributed by atoms with Gasteiger partial charge in [0.15, 0.2) is 0 Å².